The van der Waals surface area contributed by atoms with Crippen LogP contribution in [0.3, 0.4) is 0 Å². The maximum Gasteiger partial charge on any atom is 0.227 e. The number of fused-ring (bicyclic) bond motifs is 1. The number of Topliss-reactive ketones (excluding diaryl/α,β-unsaturated/α-hetero) is 1. The SMILES string of the molecule is CCSc1nc2n(n1)C(c1ccc(OCc3cccc(Br)c3)cc1)C1=C(CC(C)(C)CC1=O)N2. The first-order chi connectivity index (χ1) is 16.3. The van der Waals surface area contributed by atoms with Crippen LogP contribution in [-0.4, -0.2) is 26.3 Å². The number of nitrogens with one attached hydrogen (secondary N) is 1. The zero-order valence-corrected chi connectivity index (χ0v) is 21.9. The number of carbonyl (C=O) groups is 1. The van der Waals surface area contributed by atoms with Crippen LogP contribution < -0.4 is 10.1 Å². The Balaban J connectivity index is 1.46. The second-order valence-electron chi connectivity index (χ2n) is 9.44. The van der Waals surface area contributed by atoms with Crippen LogP contribution in [0, 0.1) is 5.41 Å². The predicted molar refractivity (Wildman–Crippen MR) is 138 cm³/mol. The molecule has 1 atom stereocenters. The number of thioether (sulfide) groups is 1. The lowest BCUT2D eigenvalue weighted by molar-refractivity contribution is -0.118. The number of aromatic nitrogens is 3. The fourth-order valence-corrected chi connectivity index (χ4v) is 5.63. The molecule has 5 rings (SSSR count). The minimum Gasteiger partial charge on any atom is -0.489 e. The van der Waals surface area contributed by atoms with E-state index in [9.17, 15) is 4.79 Å². The van der Waals surface area contributed by atoms with Crippen LogP contribution in [0.15, 0.2) is 69.4 Å². The Hall–Kier alpha value is -2.58. The van der Waals surface area contributed by atoms with Gasteiger partial charge < -0.3 is 10.1 Å². The Labute approximate surface area is 212 Å². The molecule has 6 nitrogen and oxygen atoms in total. The van der Waals surface area contributed by atoms with Gasteiger partial charge in [0.2, 0.25) is 11.1 Å². The van der Waals surface area contributed by atoms with E-state index in [2.05, 4.69) is 42.0 Å². The maximum absolute atomic E-state index is 13.3. The smallest absolute Gasteiger partial charge is 0.227 e. The summed E-state index contributed by atoms with van der Waals surface area (Å²) in [6.45, 7) is 6.85. The van der Waals surface area contributed by atoms with Gasteiger partial charge in [0.1, 0.15) is 18.4 Å². The van der Waals surface area contributed by atoms with E-state index in [4.69, 9.17) is 14.8 Å². The number of ketones is 1. The van der Waals surface area contributed by atoms with Gasteiger partial charge >= 0.3 is 0 Å². The first-order valence-electron chi connectivity index (χ1n) is 11.4. The van der Waals surface area contributed by atoms with E-state index in [1.807, 2.05) is 53.2 Å². The Morgan fingerprint density at radius 2 is 2.00 bits per heavy atom. The molecule has 0 saturated carbocycles. The fourth-order valence-electron chi connectivity index (χ4n) is 4.63. The van der Waals surface area contributed by atoms with Gasteiger partial charge in [-0.1, -0.05) is 72.7 Å². The van der Waals surface area contributed by atoms with Crippen molar-refractivity contribution in [2.45, 2.75) is 51.4 Å². The number of rotatable bonds is 6. The first kappa shape index (κ1) is 23.2. The molecule has 2 aromatic carbocycles. The number of hydrogen-bond donors (Lipinski definition) is 1. The van der Waals surface area contributed by atoms with Gasteiger partial charge in [-0.2, -0.15) is 4.98 Å². The summed E-state index contributed by atoms with van der Waals surface area (Å²) in [5.41, 5.74) is 3.77. The van der Waals surface area contributed by atoms with Crippen LogP contribution >= 0.6 is 27.7 Å². The molecule has 1 aliphatic carbocycles. The van der Waals surface area contributed by atoms with Gasteiger partial charge in [0.25, 0.3) is 0 Å². The van der Waals surface area contributed by atoms with E-state index in [-0.39, 0.29) is 17.2 Å². The lowest BCUT2D eigenvalue weighted by Crippen LogP contribution is -2.36. The van der Waals surface area contributed by atoms with Crippen LogP contribution in [0.4, 0.5) is 5.95 Å². The largest absolute Gasteiger partial charge is 0.489 e. The molecular weight excluding hydrogens is 512 g/mol. The van der Waals surface area contributed by atoms with Crippen molar-refractivity contribution in [3.8, 4) is 5.75 Å². The zero-order chi connectivity index (χ0) is 23.9. The number of ether oxygens (including phenoxy) is 1. The lowest BCUT2D eigenvalue weighted by Gasteiger charge is -2.38. The monoisotopic (exact) mass is 538 g/mol. The average Bonchev–Trinajstić information content (AvgIpc) is 3.18. The molecule has 0 radical (unpaired) electrons. The minimum absolute atomic E-state index is 0.0826. The molecule has 3 aromatic rings. The highest BCUT2D eigenvalue weighted by Gasteiger charge is 2.41. The van der Waals surface area contributed by atoms with Crippen molar-refractivity contribution in [3.63, 3.8) is 0 Å². The van der Waals surface area contributed by atoms with E-state index < -0.39 is 0 Å². The van der Waals surface area contributed by atoms with Gasteiger partial charge in [0.15, 0.2) is 5.78 Å². The van der Waals surface area contributed by atoms with Gasteiger partial charge in [-0.3, -0.25) is 4.79 Å². The Kier molecular flexibility index (Phi) is 6.29. The molecule has 2 heterocycles. The normalized spacial score (nSPS) is 18.8. The van der Waals surface area contributed by atoms with E-state index >= 15 is 0 Å². The fraction of sp³-hybridized carbons (Fsp3) is 0.346. The molecule has 34 heavy (non-hydrogen) atoms. The van der Waals surface area contributed by atoms with Gasteiger partial charge in [0.05, 0.1) is 0 Å². The molecule has 176 valence electrons. The molecule has 0 amide bonds. The molecule has 2 aliphatic rings. The van der Waals surface area contributed by atoms with Gasteiger partial charge in [-0.05, 0) is 53.0 Å². The highest BCUT2D eigenvalue weighted by Crippen LogP contribution is 2.45. The molecule has 1 unspecified atom stereocenters. The van der Waals surface area contributed by atoms with Crippen molar-refractivity contribution < 1.29 is 9.53 Å². The highest BCUT2D eigenvalue weighted by atomic mass is 79.9. The Morgan fingerprint density at radius 3 is 2.74 bits per heavy atom. The topological polar surface area (TPSA) is 69.0 Å². The van der Waals surface area contributed by atoms with E-state index in [1.165, 1.54) is 0 Å². The summed E-state index contributed by atoms with van der Waals surface area (Å²) in [5, 5.41) is 8.89. The second-order valence-corrected chi connectivity index (χ2v) is 11.6. The number of nitrogens with zero attached hydrogens (tertiary/aromatic N) is 3. The van der Waals surface area contributed by atoms with Crippen molar-refractivity contribution in [2.24, 2.45) is 5.41 Å². The predicted octanol–water partition coefficient (Wildman–Crippen LogP) is 6.39. The molecule has 0 spiro atoms. The third kappa shape index (κ3) is 4.66. The Morgan fingerprint density at radius 1 is 1.21 bits per heavy atom. The molecule has 1 aliphatic heterocycles. The standard InChI is InChI=1S/C26H27BrN4O2S/c1-4-34-25-29-24-28-20-13-26(2,3)14-21(32)22(20)23(31(24)30-25)17-8-10-19(11-9-17)33-15-16-6-5-7-18(27)12-16/h5-12,23H,4,13-15H2,1-3H3,(H,28,29,30). The molecule has 8 heteroatoms. The molecule has 0 bridgehead atoms. The van der Waals surface area contributed by atoms with E-state index in [1.54, 1.807) is 11.8 Å². The molecule has 1 N–H and O–H groups in total. The average molecular weight is 539 g/mol. The summed E-state index contributed by atoms with van der Waals surface area (Å²) >= 11 is 5.10. The summed E-state index contributed by atoms with van der Waals surface area (Å²) in [7, 11) is 0. The zero-order valence-electron chi connectivity index (χ0n) is 19.5. The quantitative estimate of drug-likeness (QED) is 0.366. The lowest BCUT2D eigenvalue weighted by atomic mass is 9.73. The number of anilines is 1. The number of halogens is 1. The van der Waals surface area contributed by atoms with Crippen LogP contribution in [0.2, 0.25) is 0 Å². The van der Waals surface area contributed by atoms with Crippen LogP contribution in [-0.2, 0) is 11.4 Å². The molecular formula is C26H27BrN4O2S. The van der Waals surface area contributed by atoms with Gasteiger partial charge in [-0.15, -0.1) is 5.10 Å². The van der Waals surface area contributed by atoms with Crippen LogP contribution in [0.1, 0.15) is 50.8 Å². The van der Waals surface area contributed by atoms with Crippen molar-refractivity contribution in [1.82, 2.24) is 14.8 Å². The Bertz CT molecular complexity index is 1270. The van der Waals surface area contributed by atoms with Crippen molar-refractivity contribution in [1.29, 1.82) is 0 Å². The molecule has 0 saturated heterocycles. The third-order valence-corrected chi connectivity index (χ3v) is 7.29. The van der Waals surface area contributed by atoms with Crippen LogP contribution in [0.5, 0.6) is 5.75 Å². The van der Waals surface area contributed by atoms with Gasteiger partial charge in [-0.25, -0.2) is 4.68 Å². The summed E-state index contributed by atoms with van der Waals surface area (Å²) in [6.07, 6.45) is 1.33. The molecule has 0 fully saturated rings. The van der Waals surface area contributed by atoms with E-state index in [0.717, 1.165) is 49.9 Å². The number of hydrogen-bond acceptors (Lipinski definition) is 6. The van der Waals surface area contributed by atoms with Crippen molar-refractivity contribution in [3.05, 3.63) is 75.4 Å². The number of benzene rings is 2. The van der Waals surface area contributed by atoms with Crippen molar-refractivity contribution in [2.75, 3.05) is 11.1 Å². The molecule has 1 aromatic heterocycles. The van der Waals surface area contributed by atoms with E-state index in [0.29, 0.717) is 19.0 Å². The highest BCUT2D eigenvalue weighted by molar-refractivity contribution is 9.10. The minimum atomic E-state index is -0.298. The second kappa shape index (κ2) is 9.23. The number of carbonyl (C=O) groups excluding carboxylic acids is 1. The van der Waals surface area contributed by atoms with Crippen LogP contribution in [0.25, 0.3) is 0 Å². The number of allylic oxidation sites excluding steroid dienone is 2. The summed E-state index contributed by atoms with van der Waals surface area (Å²) < 4.78 is 8.90. The van der Waals surface area contributed by atoms with Gasteiger partial charge in [0, 0.05) is 22.2 Å². The maximum atomic E-state index is 13.3. The first-order valence-corrected chi connectivity index (χ1v) is 13.2. The van der Waals surface area contributed by atoms with Crippen molar-refractivity contribution >= 4 is 39.4 Å². The summed E-state index contributed by atoms with van der Waals surface area (Å²) in [5.74, 6) is 2.53. The summed E-state index contributed by atoms with van der Waals surface area (Å²) in [6, 6.07) is 15.8. The summed E-state index contributed by atoms with van der Waals surface area (Å²) in [4.78, 5) is 18.0. The third-order valence-electron chi connectivity index (χ3n) is 6.08.